The summed E-state index contributed by atoms with van der Waals surface area (Å²) in [5, 5.41) is 23.3. The standard InChI is InChI=1S/C25H13ClN4O6S/c26-14-3-6-17-13(8-14)9-18(36-17)22(31)20-21(12-2-1-7-27-11-12)29(24(33)23(20)32)25-28-16-5-4-15(30(34)35)10-19(16)37-25/h1-11,21,32H. The Kier molecular flexibility index (Phi) is 5.25. The van der Waals surface area contributed by atoms with Crippen molar-refractivity contribution in [3.05, 3.63) is 105 Å². The SMILES string of the molecule is O=C(C1=C(O)C(=O)N(c2nc3ccc([N+](=O)[O-])cc3s2)C1c1cccnc1)c1cc2cc(Cl)ccc2o1. The zero-order valence-electron chi connectivity index (χ0n) is 18.5. The highest BCUT2D eigenvalue weighted by Gasteiger charge is 2.46. The van der Waals surface area contributed by atoms with Gasteiger partial charge in [-0.2, -0.15) is 0 Å². The normalized spacial score (nSPS) is 15.8. The summed E-state index contributed by atoms with van der Waals surface area (Å²) in [5.74, 6) is -2.36. The number of fused-ring (bicyclic) bond motifs is 2. The molecule has 37 heavy (non-hydrogen) atoms. The lowest BCUT2D eigenvalue weighted by molar-refractivity contribution is -0.384. The molecular weight excluding hydrogens is 520 g/mol. The van der Waals surface area contributed by atoms with Crippen molar-refractivity contribution in [1.82, 2.24) is 9.97 Å². The van der Waals surface area contributed by atoms with Crippen molar-refractivity contribution < 1.29 is 24.0 Å². The number of nitrogens with zero attached hydrogens (tertiary/aromatic N) is 4. The highest BCUT2D eigenvalue weighted by molar-refractivity contribution is 7.22. The minimum Gasteiger partial charge on any atom is -0.503 e. The number of aliphatic hydroxyl groups is 1. The predicted molar refractivity (Wildman–Crippen MR) is 136 cm³/mol. The molecule has 6 rings (SSSR count). The van der Waals surface area contributed by atoms with E-state index < -0.39 is 28.4 Å². The summed E-state index contributed by atoms with van der Waals surface area (Å²) < 4.78 is 6.18. The maximum Gasteiger partial charge on any atom is 0.296 e. The summed E-state index contributed by atoms with van der Waals surface area (Å²) in [5.41, 5.74) is 0.971. The van der Waals surface area contributed by atoms with Crippen LogP contribution in [-0.4, -0.2) is 31.7 Å². The minimum absolute atomic E-state index is 0.0812. The van der Waals surface area contributed by atoms with Gasteiger partial charge in [0.05, 0.1) is 26.8 Å². The fraction of sp³-hybridized carbons (Fsp3) is 0.0400. The molecule has 1 N–H and O–H groups in total. The van der Waals surface area contributed by atoms with E-state index in [4.69, 9.17) is 16.0 Å². The lowest BCUT2D eigenvalue weighted by Gasteiger charge is -2.23. The number of ketones is 1. The first-order valence-corrected chi connectivity index (χ1v) is 12.0. The Morgan fingerprint density at radius 3 is 2.78 bits per heavy atom. The van der Waals surface area contributed by atoms with Gasteiger partial charge in [0.25, 0.3) is 11.6 Å². The molecule has 2 aromatic carbocycles. The number of furan rings is 1. The van der Waals surface area contributed by atoms with E-state index in [-0.39, 0.29) is 22.2 Å². The summed E-state index contributed by atoms with van der Waals surface area (Å²) in [4.78, 5) is 47.5. The van der Waals surface area contributed by atoms with E-state index in [1.807, 2.05) is 0 Å². The lowest BCUT2D eigenvalue weighted by atomic mass is 9.96. The van der Waals surface area contributed by atoms with Crippen LogP contribution in [0.5, 0.6) is 0 Å². The number of Topliss-reactive ketones (excluding diaryl/α,β-unsaturated/α-hetero) is 1. The number of nitro benzene ring substituents is 1. The molecule has 0 bridgehead atoms. The Hall–Kier alpha value is -4.61. The van der Waals surface area contributed by atoms with Crippen LogP contribution >= 0.6 is 22.9 Å². The molecule has 1 aliphatic heterocycles. The Labute approximate surface area is 216 Å². The number of non-ortho nitro benzene ring substituents is 1. The predicted octanol–water partition coefficient (Wildman–Crippen LogP) is 5.78. The van der Waals surface area contributed by atoms with Gasteiger partial charge in [-0.1, -0.05) is 29.0 Å². The van der Waals surface area contributed by atoms with Gasteiger partial charge in [0, 0.05) is 34.9 Å². The number of halogens is 1. The van der Waals surface area contributed by atoms with Crippen LogP contribution in [-0.2, 0) is 4.79 Å². The van der Waals surface area contributed by atoms with E-state index in [0.29, 0.717) is 31.8 Å². The van der Waals surface area contributed by atoms with Gasteiger partial charge in [-0.25, -0.2) is 4.98 Å². The van der Waals surface area contributed by atoms with Crippen LogP contribution in [0, 0.1) is 10.1 Å². The third-order valence-electron chi connectivity index (χ3n) is 5.93. The van der Waals surface area contributed by atoms with Crippen molar-refractivity contribution in [1.29, 1.82) is 0 Å². The molecule has 12 heteroatoms. The highest BCUT2D eigenvalue weighted by Crippen LogP contribution is 2.44. The number of aromatic nitrogens is 2. The number of thiazole rings is 1. The fourth-order valence-electron chi connectivity index (χ4n) is 4.26. The van der Waals surface area contributed by atoms with Crippen molar-refractivity contribution in [3.8, 4) is 0 Å². The Balaban J connectivity index is 1.49. The van der Waals surface area contributed by atoms with E-state index in [1.54, 1.807) is 30.3 Å². The molecule has 1 amide bonds. The Bertz CT molecular complexity index is 1800. The molecule has 0 radical (unpaired) electrons. The van der Waals surface area contributed by atoms with Crippen LogP contribution in [0.25, 0.3) is 21.2 Å². The fourth-order valence-corrected chi connectivity index (χ4v) is 5.47. The van der Waals surface area contributed by atoms with Crippen molar-refractivity contribution >= 4 is 66.6 Å². The van der Waals surface area contributed by atoms with Crippen LogP contribution in [0.15, 0.2) is 82.7 Å². The number of aliphatic hydroxyl groups excluding tert-OH is 1. The van der Waals surface area contributed by atoms with Gasteiger partial charge in [-0.3, -0.25) is 29.6 Å². The number of nitro groups is 1. The number of pyridine rings is 1. The molecule has 1 unspecified atom stereocenters. The molecule has 0 saturated carbocycles. The number of amides is 1. The van der Waals surface area contributed by atoms with Crippen LogP contribution in [0.1, 0.15) is 22.2 Å². The maximum atomic E-state index is 13.7. The minimum atomic E-state index is -1.07. The van der Waals surface area contributed by atoms with Gasteiger partial charge < -0.3 is 9.52 Å². The van der Waals surface area contributed by atoms with Gasteiger partial charge in [-0.15, -0.1) is 0 Å². The molecule has 3 aromatic heterocycles. The van der Waals surface area contributed by atoms with Crippen molar-refractivity contribution in [2.75, 3.05) is 4.90 Å². The summed E-state index contributed by atoms with van der Waals surface area (Å²) in [7, 11) is 0. The first kappa shape index (κ1) is 22.8. The highest BCUT2D eigenvalue weighted by atomic mass is 35.5. The van der Waals surface area contributed by atoms with E-state index in [1.165, 1.54) is 41.6 Å². The van der Waals surface area contributed by atoms with Crippen LogP contribution < -0.4 is 4.90 Å². The van der Waals surface area contributed by atoms with Crippen molar-refractivity contribution in [2.45, 2.75) is 6.04 Å². The molecular formula is C25H13ClN4O6S. The molecule has 0 spiro atoms. The monoisotopic (exact) mass is 532 g/mol. The molecule has 0 aliphatic carbocycles. The quantitative estimate of drug-likeness (QED) is 0.170. The van der Waals surface area contributed by atoms with Gasteiger partial charge in [0.2, 0.25) is 5.78 Å². The molecule has 1 aliphatic rings. The summed E-state index contributed by atoms with van der Waals surface area (Å²) in [6, 6.07) is 12.8. The lowest BCUT2D eigenvalue weighted by Crippen LogP contribution is -2.31. The first-order valence-electron chi connectivity index (χ1n) is 10.8. The molecule has 0 fully saturated rings. The number of hydrogen-bond acceptors (Lipinski definition) is 9. The van der Waals surface area contributed by atoms with Crippen LogP contribution in [0.2, 0.25) is 5.02 Å². The summed E-state index contributed by atoms with van der Waals surface area (Å²) in [6.45, 7) is 0. The maximum absolute atomic E-state index is 13.7. The number of carbonyl (C=O) groups excluding carboxylic acids is 2. The van der Waals surface area contributed by atoms with Gasteiger partial charge in [0.15, 0.2) is 16.7 Å². The number of anilines is 1. The van der Waals surface area contributed by atoms with E-state index in [2.05, 4.69) is 9.97 Å². The molecule has 1 atom stereocenters. The average Bonchev–Trinajstić information content (AvgIpc) is 3.57. The van der Waals surface area contributed by atoms with Crippen LogP contribution in [0.3, 0.4) is 0 Å². The third-order valence-corrected chi connectivity index (χ3v) is 7.19. The van der Waals surface area contributed by atoms with Gasteiger partial charge in [0.1, 0.15) is 5.58 Å². The number of carbonyl (C=O) groups is 2. The molecule has 4 heterocycles. The van der Waals surface area contributed by atoms with Crippen molar-refractivity contribution in [3.63, 3.8) is 0 Å². The van der Waals surface area contributed by atoms with E-state index in [0.717, 1.165) is 11.3 Å². The van der Waals surface area contributed by atoms with Gasteiger partial charge >= 0.3 is 0 Å². The number of rotatable bonds is 5. The third kappa shape index (κ3) is 3.72. The molecule has 10 nitrogen and oxygen atoms in total. The second-order valence-corrected chi connectivity index (χ2v) is 9.60. The van der Waals surface area contributed by atoms with E-state index in [9.17, 15) is 24.8 Å². The number of benzene rings is 2. The molecule has 5 aromatic rings. The van der Waals surface area contributed by atoms with Gasteiger partial charge in [-0.05, 0) is 42.0 Å². The number of hydrogen-bond donors (Lipinski definition) is 1. The smallest absolute Gasteiger partial charge is 0.296 e. The summed E-state index contributed by atoms with van der Waals surface area (Å²) >= 11 is 7.08. The first-order chi connectivity index (χ1) is 17.8. The molecule has 0 saturated heterocycles. The summed E-state index contributed by atoms with van der Waals surface area (Å²) in [6.07, 6.45) is 3.02. The Morgan fingerprint density at radius 1 is 1.19 bits per heavy atom. The second-order valence-electron chi connectivity index (χ2n) is 8.15. The van der Waals surface area contributed by atoms with E-state index >= 15 is 0 Å². The zero-order valence-corrected chi connectivity index (χ0v) is 20.1. The average molecular weight is 533 g/mol. The van der Waals surface area contributed by atoms with Crippen molar-refractivity contribution in [2.24, 2.45) is 0 Å². The second kappa shape index (κ2) is 8.50. The molecule has 182 valence electrons. The zero-order chi connectivity index (χ0) is 25.8. The Morgan fingerprint density at radius 2 is 2.03 bits per heavy atom. The largest absolute Gasteiger partial charge is 0.503 e. The topological polar surface area (TPSA) is 140 Å². The van der Waals surface area contributed by atoms with Crippen LogP contribution in [0.4, 0.5) is 10.8 Å².